The summed E-state index contributed by atoms with van der Waals surface area (Å²) in [4.78, 5) is 34.5. The van der Waals surface area contributed by atoms with E-state index in [9.17, 15) is 9.59 Å². The Balaban J connectivity index is 1.67. The van der Waals surface area contributed by atoms with E-state index in [0.29, 0.717) is 25.6 Å². The number of aryl methyl sites for hydroxylation is 1. The monoisotopic (exact) mass is 461 g/mol. The minimum atomic E-state index is -0.365. The molecule has 0 aliphatic carbocycles. The second-order valence-corrected chi connectivity index (χ2v) is 8.91. The molecule has 1 aliphatic rings. The van der Waals surface area contributed by atoms with Crippen LogP contribution in [0, 0.1) is 6.92 Å². The number of para-hydroxylation sites is 1. The Labute approximate surface area is 199 Å². The lowest BCUT2D eigenvalue weighted by molar-refractivity contribution is -0.126. The van der Waals surface area contributed by atoms with E-state index < -0.39 is 0 Å². The summed E-state index contributed by atoms with van der Waals surface area (Å²) in [6.45, 7) is 4.03. The first-order chi connectivity index (χ1) is 16.4. The highest BCUT2D eigenvalue weighted by Crippen LogP contribution is 2.32. The van der Waals surface area contributed by atoms with Gasteiger partial charge in [0.2, 0.25) is 11.9 Å². The minimum Gasteiger partial charge on any atom is -0.337 e. The molecule has 3 heterocycles. The summed E-state index contributed by atoms with van der Waals surface area (Å²) in [6, 6.07) is 9.22. The molecule has 34 heavy (non-hydrogen) atoms. The van der Waals surface area contributed by atoms with Crippen molar-refractivity contribution in [3.8, 4) is 0 Å². The average molecular weight is 462 g/mol. The van der Waals surface area contributed by atoms with Crippen molar-refractivity contribution in [2.75, 3.05) is 39.0 Å². The van der Waals surface area contributed by atoms with E-state index in [0.717, 1.165) is 35.9 Å². The van der Waals surface area contributed by atoms with Crippen LogP contribution < -0.4 is 5.32 Å². The average Bonchev–Trinajstić information content (AvgIpc) is 3.01. The van der Waals surface area contributed by atoms with Crippen molar-refractivity contribution >= 4 is 28.8 Å². The number of likely N-dealkylation sites (tertiary alicyclic amines) is 1. The Morgan fingerprint density at radius 1 is 1.21 bits per heavy atom. The van der Waals surface area contributed by atoms with Gasteiger partial charge in [0, 0.05) is 31.9 Å². The maximum atomic E-state index is 12.9. The highest BCUT2D eigenvalue weighted by molar-refractivity contribution is 6.02. The van der Waals surface area contributed by atoms with E-state index in [1.54, 1.807) is 18.2 Å². The summed E-state index contributed by atoms with van der Waals surface area (Å²) < 4.78 is 2.09. The fraction of sp³-hybridized carbons (Fsp3) is 0.400. The zero-order valence-corrected chi connectivity index (χ0v) is 19.9. The molecule has 3 aromatic rings. The molecular formula is C25H31N7O2. The molecule has 0 radical (unpaired) electrons. The van der Waals surface area contributed by atoms with Gasteiger partial charge in [0.05, 0.1) is 17.1 Å². The molecule has 1 unspecified atom stereocenters. The third-order valence-corrected chi connectivity index (χ3v) is 6.00. The Hall–Kier alpha value is -3.59. The first-order valence-electron chi connectivity index (χ1n) is 11.6. The summed E-state index contributed by atoms with van der Waals surface area (Å²) >= 11 is 0. The number of rotatable bonds is 6. The first-order valence-corrected chi connectivity index (χ1v) is 11.6. The number of hydrogen-bond acceptors (Lipinski definition) is 6. The summed E-state index contributed by atoms with van der Waals surface area (Å²) in [5, 5.41) is 10.7. The molecule has 1 atom stereocenters. The molecule has 1 fully saturated rings. The van der Waals surface area contributed by atoms with Gasteiger partial charge in [-0.3, -0.25) is 14.9 Å². The fourth-order valence-electron chi connectivity index (χ4n) is 4.35. The van der Waals surface area contributed by atoms with Gasteiger partial charge in [-0.15, -0.1) is 5.10 Å². The van der Waals surface area contributed by atoms with Crippen molar-refractivity contribution < 1.29 is 9.59 Å². The molecule has 1 aromatic carbocycles. The second kappa shape index (κ2) is 10.6. The smallest absolute Gasteiger partial charge is 0.278 e. The second-order valence-electron chi connectivity index (χ2n) is 8.91. The predicted molar refractivity (Wildman–Crippen MR) is 132 cm³/mol. The maximum absolute atomic E-state index is 12.9. The van der Waals surface area contributed by atoms with Crippen LogP contribution in [0.15, 0.2) is 48.7 Å². The minimum absolute atomic E-state index is 0.0139. The van der Waals surface area contributed by atoms with Gasteiger partial charge in [-0.2, -0.15) is 5.10 Å². The van der Waals surface area contributed by atoms with Crippen LogP contribution >= 0.6 is 0 Å². The van der Waals surface area contributed by atoms with Gasteiger partial charge in [-0.05, 0) is 64.0 Å². The molecule has 2 aromatic heterocycles. The van der Waals surface area contributed by atoms with Crippen molar-refractivity contribution in [2.24, 2.45) is 0 Å². The van der Waals surface area contributed by atoms with Crippen molar-refractivity contribution in [3.63, 3.8) is 0 Å². The number of anilines is 1. The van der Waals surface area contributed by atoms with Crippen molar-refractivity contribution in [1.29, 1.82) is 0 Å². The number of likely N-dealkylation sites (N-methyl/N-ethyl adjacent to an activating group) is 1. The van der Waals surface area contributed by atoms with Crippen LogP contribution in [0.1, 0.15) is 41.4 Å². The summed E-state index contributed by atoms with van der Waals surface area (Å²) in [5.41, 5.74) is 3.07. The third-order valence-electron chi connectivity index (χ3n) is 6.00. The molecule has 0 spiro atoms. The Morgan fingerprint density at radius 3 is 2.82 bits per heavy atom. The molecule has 4 rings (SSSR count). The molecule has 1 saturated heterocycles. The van der Waals surface area contributed by atoms with Gasteiger partial charge in [0.25, 0.3) is 5.91 Å². The predicted octanol–water partition coefficient (Wildman–Crippen LogP) is 3.06. The normalized spacial score (nSPS) is 16.8. The van der Waals surface area contributed by atoms with E-state index >= 15 is 0 Å². The number of carbonyl (C=O) groups excluding carboxylic acids is 2. The topological polar surface area (TPSA) is 96.3 Å². The number of fused-ring (bicyclic) bond motifs is 1. The largest absolute Gasteiger partial charge is 0.337 e. The Kier molecular flexibility index (Phi) is 7.32. The van der Waals surface area contributed by atoms with E-state index in [1.807, 2.05) is 55.1 Å². The molecule has 178 valence electrons. The van der Waals surface area contributed by atoms with Crippen LogP contribution in [0.4, 0.5) is 5.95 Å². The highest BCUT2D eigenvalue weighted by atomic mass is 16.2. The summed E-state index contributed by atoms with van der Waals surface area (Å²) in [5.74, 6) is 0.109. The van der Waals surface area contributed by atoms with Crippen LogP contribution in [0.3, 0.4) is 0 Å². The number of aromatic nitrogens is 4. The van der Waals surface area contributed by atoms with Crippen LogP contribution in [-0.2, 0) is 4.79 Å². The van der Waals surface area contributed by atoms with Crippen LogP contribution in [0.2, 0.25) is 0 Å². The van der Waals surface area contributed by atoms with Crippen molar-refractivity contribution in [2.45, 2.75) is 32.2 Å². The number of carbonyl (C=O) groups is 2. The molecule has 9 heteroatoms. The van der Waals surface area contributed by atoms with Crippen molar-refractivity contribution in [3.05, 3.63) is 59.9 Å². The standard InChI is InChI=1S/C25H31N7O2/c1-18-9-6-11-20-23(18)32(25(27-20)28-24(34)21-12-7-14-26-29-21)19-10-4-5-16-31(17-19)22(33)13-8-15-30(2)3/h6-9,11-14,19H,4-5,10,15-17H2,1-3H3,(H,27,28,34). The number of imidazole rings is 1. The fourth-order valence-corrected chi connectivity index (χ4v) is 4.35. The van der Waals surface area contributed by atoms with E-state index in [4.69, 9.17) is 4.98 Å². The zero-order chi connectivity index (χ0) is 24.1. The van der Waals surface area contributed by atoms with Gasteiger partial charge in [0.15, 0.2) is 5.69 Å². The molecule has 1 N–H and O–H groups in total. The lowest BCUT2D eigenvalue weighted by Crippen LogP contribution is -2.35. The Morgan fingerprint density at radius 2 is 2.06 bits per heavy atom. The van der Waals surface area contributed by atoms with Gasteiger partial charge >= 0.3 is 0 Å². The molecule has 9 nitrogen and oxygen atoms in total. The quantitative estimate of drug-likeness (QED) is 0.567. The highest BCUT2D eigenvalue weighted by Gasteiger charge is 2.27. The van der Waals surface area contributed by atoms with Crippen LogP contribution in [0.5, 0.6) is 0 Å². The van der Waals surface area contributed by atoms with Gasteiger partial charge in [0.1, 0.15) is 0 Å². The number of benzene rings is 1. The number of nitrogens with one attached hydrogen (secondary N) is 1. The summed E-state index contributed by atoms with van der Waals surface area (Å²) in [7, 11) is 3.94. The van der Waals surface area contributed by atoms with Crippen LogP contribution in [0.25, 0.3) is 11.0 Å². The van der Waals surface area contributed by atoms with E-state index in [-0.39, 0.29) is 23.6 Å². The molecule has 0 saturated carbocycles. The van der Waals surface area contributed by atoms with Crippen LogP contribution in [-0.4, -0.2) is 75.1 Å². The lowest BCUT2D eigenvalue weighted by atomic mass is 10.1. The van der Waals surface area contributed by atoms with Crippen molar-refractivity contribution in [1.82, 2.24) is 29.5 Å². The number of hydrogen-bond donors (Lipinski definition) is 1. The Bertz CT molecular complexity index is 1190. The molecule has 1 aliphatic heterocycles. The molecule has 2 amide bonds. The molecule has 0 bridgehead atoms. The molecular weight excluding hydrogens is 430 g/mol. The first kappa shape index (κ1) is 23.6. The van der Waals surface area contributed by atoms with E-state index in [2.05, 4.69) is 20.1 Å². The number of nitrogens with zero attached hydrogens (tertiary/aromatic N) is 6. The van der Waals surface area contributed by atoms with E-state index in [1.165, 1.54) is 6.20 Å². The summed E-state index contributed by atoms with van der Waals surface area (Å²) in [6.07, 6.45) is 7.90. The zero-order valence-electron chi connectivity index (χ0n) is 19.9. The third kappa shape index (κ3) is 5.31. The maximum Gasteiger partial charge on any atom is 0.278 e. The number of amides is 2. The lowest BCUT2D eigenvalue weighted by Gasteiger charge is -2.26. The van der Waals surface area contributed by atoms with Gasteiger partial charge < -0.3 is 14.4 Å². The SMILES string of the molecule is Cc1cccc2nc(NC(=O)c3cccnn3)n(C3CCCCN(C(=O)C=CCN(C)C)C3)c12. The van der Waals surface area contributed by atoms with Gasteiger partial charge in [-0.1, -0.05) is 18.2 Å². The van der Waals surface area contributed by atoms with Gasteiger partial charge in [-0.25, -0.2) is 4.98 Å².